The Morgan fingerprint density at radius 3 is 1.36 bits per heavy atom. The first kappa shape index (κ1) is 66.8. The van der Waals surface area contributed by atoms with E-state index >= 15 is 0 Å². The molecule has 2 aliphatic heterocycles. The number of hydrogen-bond donors (Lipinski definition) is 9. The van der Waals surface area contributed by atoms with Gasteiger partial charge in [-0.1, -0.05) is 231 Å². The Hall–Kier alpha value is -1.27. The molecule has 0 radical (unpaired) electrons. The summed E-state index contributed by atoms with van der Waals surface area (Å²) in [4.78, 5) is 13.2. The van der Waals surface area contributed by atoms with Crippen LogP contribution in [0.3, 0.4) is 0 Å². The van der Waals surface area contributed by atoms with Gasteiger partial charge in [0.15, 0.2) is 12.6 Å². The predicted molar refractivity (Wildman–Crippen MR) is 286 cm³/mol. The molecule has 0 aromatic carbocycles. The molecule has 1 amide bonds. The number of aliphatic hydroxyl groups excluding tert-OH is 8. The number of ether oxygens (including phenoxy) is 4. The van der Waals surface area contributed by atoms with Gasteiger partial charge in [0.05, 0.1) is 32.0 Å². The van der Waals surface area contributed by atoms with E-state index in [-0.39, 0.29) is 12.5 Å². The first-order valence-electron chi connectivity index (χ1n) is 29.9. The standard InChI is InChI=1S/C58H111NO13/c1-3-5-7-9-11-13-15-16-17-18-19-20-21-22-23-24-25-26-27-28-29-30-32-33-35-37-39-41-47(62)46(59-50(63)42-40-38-36-34-31-14-12-10-8-6-4-2)45-69-57-55(68)53(66)56(49(44-61)71-57)72-58-54(67)52(65)51(64)48(43-60)70-58/h10,12,46-49,51-58,60-62,64-68H,3-9,11,13-45H2,1-2H3,(H,59,63)/b12-10-. The molecular formula is C58H111NO13. The highest BCUT2D eigenvalue weighted by molar-refractivity contribution is 5.76. The zero-order valence-electron chi connectivity index (χ0n) is 45.7. The molecular weight excluding hydrogens is 919 g/mol. The lowest BCUT2D eigenvalue weighted by Crippen LogP contribution is -2.65. The molecule has 2 saturated heterocycles. The summed E-state index contributed by atoms with van der Waals surface area (Å²) < 4.78 is 22.8. The quantitative estimate of drug-likeness (QED) is 0.0205. The van der Waals surface area contributed by atoms with E-state index in [9.17, 15) is 45.6 Å². The van der Waals surface area contributed by atoms with E-state index in [2.05, 4.69) is 31.3 Å². The minimum atomic E-state index is -1.78. The number of carbonyl (C=O) groups excluding carboxylic acids is 1. The maximum Gasteiger partial charge on any atom is 0.220 e. The summed E-state index contributed by atoms with van der Waals surface area (Å²) in [7, 11) is 0. The molecule has 2 aliphatic rings. The van der Waals surface area contributed by atoms with Gasteiger partial charge in [0, 0.05) is 6.42 Å². The van der Waals surface area contributed by atoms with Crippen LogP contribution in [0, 0.1) is 0 Å². The van der Waals surface area contributed by atoms with Gasteiger partial charge >= 0.3 is 0 Å². The van der Waals surface area contributed by atoms with Gasteiger partial charge in [0.1, 0.15) is 48.8 Å². The molecule has 0 saturated carbocycles. The SMILES string of the molecule is CCCC/C=C\CCCCCCCC(=O)NC(COC1OC(CO)C(OC2OC(CO)C(O)C(O)C2O)C(O)C1O)C(O)CCCCCCCCCCCCCCCCCCCCCCCCCCCCC. The highest BCUT2D eigenvalue weighted by atomic mass is 16.7. The van der Waals surface area contributed by atoms with E-state index in [0.29, 0.717) is 19.3 Å². The third-order valence-corrected chi connectivity index (χ3v) is 15.0. The Morgan fingerprint density at radius 1 is 0.486 bits per heavy atom. The van der Waals surface area contributed by atoms with Crippen LogP contribution in [-0.2, 0) is 23.7 Å². The average molecular weight is 1030 g/mol. The first-order chi connectivity index (χ1) is 35.1. The number of unbranched alkanes of at least 4 members (excludes halogenated alkanes) is 33. The number of carbonyl (C=O) groups is 1. The van der Waals surface area contributed by atoms with E-state index in [1.807, 2.05) is 0 Å². The van der Waals surface area contributed by atoms with Gasteiger partial charge in [0.2, 0.25) is 5.91 Å². The number of nitrogens with one attached hydrogen (secondary N) is 1. The number of aliphatic hydroxyl groups is 8. The number of allylic oxidation sites excluding steroid dienone is 2. The second kappa shape index (κ2) is 44.8. The van der Waals surface area contributed by atoms with Crippen LogP contribution in [0.2, 0.25) is 0 Å². The fourth-order valence-corrected chi connectivity index (χ4v) is 10.1. The van der Waals surface area contributed by atoms with Crippen molar-refractivity contribution >= 4 is 5.91 Å². The van der Waals surface area contributed by atoms with E-state index in [4.69, 9.17) is 18.9 Å². The van der Waals surface area contributed by atoms with Crippen LogP contribution < -0.4 is 5.32 Å². The zero-order valence-corrected chi connectivity index (χ0v) is 45.7. The Bertz CT molecular complexity index is 1260. The van der Waals surface area contributed by atoms with Crippen molar-refractivity contribution in [1.29, 1.82) is 0 Å². The normalized spacial score (nSPS) is 25.6. The smallest absolute Gasteiger partial charge is 0.220 e. The van der Waals surface area contributed by atoms with Crippen molar-refractivity contribution in [3.8, 4) is 0 Å². The molecule has 14 heteroatoms. The van der Waals surface area contributed by atoms with Crippen LogP contribution in [0.1, 0.15) is 258 Å². The molecule has 0 aromatic rings. The lowest BCUT2D eigenvalue weighted by Gasteiger charge is -2.46. The molecule has 0 bridgehead atoms. The summed E-state index contributed by atoms with van der Waals surface area (Å²) in [5.74, 6) is -0.215. The van der Waals surface area contributed by atoms with Crippen LogP contribution in [0.4, 0.5) is 0 Å². The summed E-state index contributed by atoms with van der Waals surface area (Å²) in [5, 5.41) is 87.1. The van der Waals surface area contributed by atoms with Gasteiger partial charge in [-0.05, 0) is 32.1 Å². The third-order valence-electron chi connectivity index (χ3n) is 15.0. The fourth-order valence-electron chi connectivity index (χ4n) is 10.1. The summed E-state index contributed by atoms with van der Waals surface area (Å²) >= 11 is 0. The van der Waals surface area contributed by atoms with Crippen molar-refractivity contribution in [2.24, 2.45) is 0 Å². The second-order valence-electron chi connectivity index (χ2n) is 21.5. The largest absolute Gasteiger partial charge is 0.394 e. The molecule has 9 N–H and O–H groups in total. The molecule has 2 rings (SSSR count). The Morgan fingerprint density at radius 2 is 0.889 bits per heavy atom. The predicted octanol–water partition coefficient (Wildman–Crippen LogP) is 9.89. The molecule has 0 spiro atoms. The molecule has 426 valence electrons. The summed E-state index contributed by atoms with van der Waals surface area (Å²) in [6.45, 7) is 2.83. The van der Waals surface area contributed by atoms with E-state index < -0.39 is 86.8 Å². The molecule has 12 atom stereocenters. The molecule has 0 aliphatic carbocycles. The lowest BCUT2D eigenvalue weighted by atomic mass is 9.97. The Labute approximate surface area is 437 Å². The first-order valence-corrected chi connectivity index (χ1v) is 29.9. The number of hydrogen-bond acceptors (Lipinski definition) is 13. The average Bonchev–Trinajstić information content (AvgIpc) is 3.38. The Kier molecular flexibility index (Phi) is 41.6. The van der Waals surface area contributed by atoms with E-state index in [1.54, 1.807) is 0 Å². The van der Waals surface area contributed by atoms with Crippen LogP contribution in [-0.4, -0.2) is 140 Å². The van der Waals surface area contributed by atoms with Crippen molar-refractivity contribution in [3.63, 3.8) is 0 Å². The topological polar surface area (TPSA) is 228 Å². The maximum absolute atomic E-state index is 13.2. The fraction of sp³-hybridized carbons (Fsp3) is 0.948. The Balaban J connectivity index is 1.68. The minimum absolute atomic E-state index is 0.215. The van der Waals surface area contributed by atoms with Gasteiger partial charge in [-0.15, -0.1) is 0 Å². The molecule has 0 aromatic heterocycles. The van der Waals surface area contributed by atoms with Crippen LogP contribution in [0.5, 0.6) is 0 Å². The molecule has 2 heterocycles. The van der Waals surface area contributed by atoms with Crippen LogP contribution in [0.25, 0.3) is 0 Å². The van der Waals surface area contributed by atoms with Gasteiger partial charge < -0.3 is 65.1 Å². The summed E-state index contributed by atoms with van der Waals surface area (Å²) in [6, 6.07) is -0.829. The van der Waals surface area contributed by atoms with Gasteiger partial charge in [-0.25, -0.2) is 0 Å². The third kappa shape index (κ3) is 30.5. The van der Waals surface area contributed by atoms with Gasteiger partial charge in [-0.3, -0.25) is 4.79 Å². The van der Waals surface area contributed by atoms with E-state index in [1.165, 1.54) is 161 Å². The van der Waals surface area contributed by atoms with Crippen molar-refractivity contribution in [2.75, 3.05) is 19.8 Å². The maximum atomic E-state index is 13.2. The number of rotatable bonds is 48. The van der Waals surface area contributed by atoms with Gasteiger partial charge in [0.25, 0.3) is 0 Å². The molecule has 14 nitrogen and oxygen atoms in total. The van der Waals surface area contributed by atoms with Crippen LogP contribution >= 0.6 is 0 Å². The van der Waals surface area contributed by atoms with E-state index in [0.717, 1.165) is 64.2 Å². The van der Waals surface area contributed by atoms with Crippen molar-refractivity contribution in [2.45, 2.75) is 331 Å². The number of amides is 1. The van der Waals surface area contributed by atoms with Crippen LogP contribution in [0.15, 0.2) is 12.2 Å². The highest BCUT2D eigenvalue weighted by Gasteiger charge is 2.51. The minimum Gasteiger partial charge on any atom is -0.394 e. The molecule has 72 heavy (non-hydrogen) atoms. The monoisotopic (exact) mass is 1030 g/mol. The molecule has 2 fully saturated rings. The second-order valence-corrected chi connectivity index (χ2v) is 21.5. The summed E-state index contributed by atoms with van der Waals surface area (Å²) in [5.41, 5.74) is 0. The zero-order chi connectivity index (χ0) is 52.4. The van der Waals surface area contributed by atoms with Gasteiger partial charge in [-0.2, -0.15) is 0 Å². The van der Waals surface area contributed by atoms with Crippen molar-refractivity contribution < 1.29 is 64.6 Å². The van der Waals surface area contributed by atoms with Crippen molar-refractivity contribution in [1.82, 2.24) is 5.32 Å². The highest BCUT2D eigenvalue weighted by Crippen LogP contribution is 2.30. The van der Waals surface area contributed by atoms with Crippen molar-refractivity contribution in [3.05, 3.63) is 12.2 Å². The molecule has 12 unspecified atom stereocenters. The lowest BCUT2D eigenvalue weighted by molar-refractivity contribution is -0.359. The summed E-state index contributed by atoms with van der Waals surface area (Å²) in [6.07, 6.45) is 33.8.